The lowest BCUT2D eigenvalue weighted by atomic mass is 10.1. The maximum absolute atomic E-state index is 11.4. The molecular weight excluding hydrogens is 246 g/mol. The molecule has 0 atom stereocenters. The Morgan fingerprint density at radius 3 is 2.32 bits per heavy atom. The van der Waals surface area contributed by atoms with Crippen molar-refractivity contribution in [3.8, 4) is 0 Å². The molecule has 19 heavy (non-hydrogen) atoms. The first-order valence-corrected chi connectivity index (χ1v) is 5.49. The molecule has 0 radical (unpaired) electrons. The molecule has 0 aliphatic heterocycles. The SMILES string of the molecule is COC(=O)C(=N/C(=C/C=O)c1ccccc1)C(C)=O. The van der Waals surface area contributed by atoms with Gasteiger partial charge in [0.05, 0.1) is 12.8 Å². The molecular formula is C14H13NO4. The summed E-state index contributed by atoms with van der Waals surface area (Å²) in [6.07, 6.45) is 1.72. The molecule has 1 aromatic rings. The maximum atomic E-state index is 11.4. The third-order valence-corrected chi connectivity index (χ3v) is 2.24. The van der Waals surface area contributed by atoms with Gasteiger partial charge in [-0.15, -0.1) is 0 Å². The number of carbonyl (C=O) groups excluding carboxylic acids is 3. The number of nitrogens with zero attached hydrogens (tertiary/aromatic N) is 1. The Kier molecular flexibility index (Phi) is 5.35. The van der Waals surface area contributed by atoms with Crippen LogP contribution in [0, 0.1) is 0 Å². The quantitative estimate of drug-likeness (QED) is 0.263. The Labute approximate surface area is 110 Å². The molecule has 1 aromatic carbocycles. The molecule has 0 N–H and O–H groups in total. The second-order valence-electron chi connectivity index (χ2n) is 3.56. The normalized spacial score (nSPS) is 11.9. The summed E-state index contributed by atoms with van der Waals surface area (Å²) in [7, 11) is 1.16. The number of benzene rings is 1. The zero-order chi connectivity index (χ0) is 14.3. The van der Waals surface area contributed by atoms with E-state index in [9.17, 15) is 14.4 Å². The lowest BCUT2D eigenvalue weighted by molar-refractivity contribution is -0.133. The minimum absolute atomic E-state index is 0.228. The van der Waals surface area contributed by atoms with E-state index in [-0.39, 0.29) is 11.4 Å². The number of aldehydes is 1. The Morgan fingerprint density at radius 1 is 1.21 bits per heavy atom. The van der Waals surface area contributed by atoms with E-state index in [4.69, 9.17) is 0 Å². The Hall–Kier alpha value is -2.56. The zero-order valence-corrected chi connectivity index (χ0v) is 10.6. The summed E-state index contributed by atoms with van der Waals surface area (Å²) in [5, 5.41) is 0. The number of ether oxygens (including phenoxy) is 1. The van der Waals surface area contributed by atoms with Crippen molar-refractivity contribution in [2.24, 2.45) is 4.99 Å². The molecule has 0 amide bonds. The van der Waals surface area contributed by atoms with Crippen LogP contribution in [0.4, 0.5) is 0 Å². The molecule has 0 aliphatic carbocycles. The van der Waals surface area contributed by atoms with E-state index < -0.39 is 11.8 Å². The van der Waals surface area contributed by atoms with Crippen LogP contribution >= 0.6 is 0 Å². The minimum Gasteiger partial charge on any atom is -0.464 e. The first kappa shape index (κ1) is 14.5. The van der Waals surface area contributed by atoms with Crippen molar-refractivity contribution in [3.05, 3.63) is 42.0 Å². The van der Waals surface area contributed by atoms with Gasteiger partial charge in [0.2, 0.25) is 0 Å². The number of hydrogen-bond acceptors (Lipinski definition) is 5. The van der Waals surface area contributed by atoms with Crippen molar-refractivity contribution in [3.63, 3.8) is 0 Å². The largest absolute Gasteiger partial charge is 0.464 e. The van der Waals surface area contributed by atoms with Crippen molar-refractivity contribution >= 4 is 29.4 Å². The summed E-state index contributed by atoms with van der Waals surface area (Å²) in [6, 6.07) is 8.75. The summed E-state index contributed by atoms with van der Waals surface area (Å²) in [4.78, 5) is 37.4. The predicted molar refractivity (Wildman–Crippen MR) is 70.6 cm³/mol. The first-order valence-electron chi connectivity index (χ1n) is 5.49. The molecule has 0 spiro atoms. The highest BCUT2D eigenvalue weighted by atomic mass is 16.5. The van der Waals surface area contributed by atoms with E-state index in [2.05, 4.69) is 9.73 Å². The molecule has 0 fully saturated rings. The van der Waals surface area contributed by atoms with E-state index in [0.717, 1.165) is 7.11 Å². The number of Topliss-reactive ketones (excluding diaryl/α,β-unsaturated/α-hetero) is 1. The van der Waals surface area contributed by atoms with Gasteiger partial charge in [0.25, 0.3) is 0 Å². The zero-order valence-electron chi connectivity index (χ0n) is 10.6. The number of allylic oxidation sites excluding steroid dienone is 1. The lowest BCUT2D eigenvalue weighted by Gasteiger charge is -2.04. The molecule has 0 aliphatic rings. The van der Waals surface area contributed by atoms with Crippen LogP contribution in [0.3, 0.4) is 0 Å². The number of aliphatic imine (C=N–C) groups is 1. The van der Waals surface area contributed by atoms with Crippen LogP contribution in [0.25, 0.3) is 5.70 Å². The van der Waals surface area contributed by atoms with Gasteiger partial charge in [-0.1, -0.05) is 30.3 Å². The molecule has 0 saturated heterocycles. The van der Waals surface area contributed by atoms with Crippen LogP contribution in [0.5, 0.6) is 0 Å². The molecule has 5 heteroatoms. The maximum Gasteiger partial charge on any atom is 0.360 e. The molecule has 0 aromatic heterocycles. The van der Waals surface area contributed by atoms with Crippen molar-refractivity contribution in [2.45, 2.75) is 6.92 Å². The molecule has 0 saturated carbocycles. The van der Waals surface area contributed by atoms with Crippen LogP contribution in [0.2, 0.25) is 0 Å². The number of esters is 1. The number of methoxy groups -OCH3 is 1. The van der Waals surface area contributed by atoms with Gasteiger partial charge < -0.3 is 4.74 Å². The van der Waals surface area contributed by atoms with Crippen LogP contribution in [0.15, 0.2) is 41.4 Å². The van der Waals surface area contributed by atoms with Gasteiger partial charge >= 0.3 is 5.97 Å². The number of rotatable bonds is 5. The van der Waals surface area contributed by atoms with Crippen molar-refractivity contribution in [2.75, 3.05) is 7.11 Å². The first-order chi connectivity index (χ1) is 9.10. The summed E-state index contributed by atoms with van der Waals surface area (Å²) >= 11 is 0. The van der Waals surface area contributed by atoms with E-state index in [1.807, 2.05) is 0 Å². The highest BCUT2D eigenvalue weighted by molar-refractivity contribution is 6.64. The van der Waals surface area contributed by atoms with E-state index >= 15 is 0 Å². The van der Waals surface area contributed by atoms with Crippen molar-refractivity contribution in [1.82, 2.24) is 0 Å². The Morgan fingerprint density at radius 2 is 1.84 bits per heavy atom. The highest BCUT2D eigenvalue weighted by Crippen LogP contribution is 2.15. The van der Waals surface area contributed by atoms with Gasteiger partial charge in [0.1, 0.15) is 6.29 Å². The van der Waals surface area contributed by atoms with Gasteiger partial charge in [-0.3, -0.25) is 9.59 Å². The van der Waals surface area contributed by atoms with Gasteiger partial charge in [0, 0.05) is 18.6 Å². The fraction of sp³-hybridized carbons (Fsp3) is 0.143. The average Bonchev–Trinajstić information content (AvgIpc) is 2.43. The standard InChI is InChI=1S/C14H13NO4/c1-10(17)13(14(18)19-2)15-12(8-9-16)11-6-4-3-5-7-11/h3-9H,1-2H3/b12-8+,15-13?. The van der Waals surface area contributed by atoms with E-state index in [1.165, 1.54) is 13.0 Å². The number of ketones is 1. The van der Waals surface area contributed by atoms with Crippen LogP contribution in [0.1, 0.15) is 12.5 Å². The fourth-order valence-electron chi connectivity index (χ4n) is 1.36. The molecule has 5 nitrogen and oxygen atoms in total. The second-order valence-corrected chi connectivity index (χ2v) is 3.56. The molecule has 0 bridgehead atoms. The summed E-state index contributed by atoms with van der Waals surface area (Å²) < 4.78 is 4.48. The third kappa shape index (κ3) is 3.99. The van der Waals surface area contributed by atoms with Crippen LogP contribution < -0.4 is 0 Å². The topological polar surface area (TPSA) is 72.8 Å². The monoisotopic (exact) mass is 259 g/mol. The molecule has 0 heterocycles. The summed E-state index contributed by atoms with van der Waals surface area (Å²) in [5.41, 5.74) is 0.503. The Balaban J connectivity index is 3.28. The van der Waals surface area contributed by atoms with Gasteiger partial charge in [-0.2, -0.15) is 0 Å². The molecule has 1 rings (SSSR count). The highest BCUT2D eigenvalue weighted by Gasteiger charge is 2.18. The van der Waals surface area contributed by atoms with Crippen molar-refractivity contribution < 1.29 is 19.1 Å². The summed E-state index contributed by atoms with van der Waals surface area (Å²) in [5.74, 6) is -1.36. The van der Waals surface area contributed by atoms with E-state index in [0.29, 0.717) is 11.8 Å². The number of hydrogen-bond donors (Lipinski definition) is 0. The fourth-order valence-corrected chi connectivity index (χ4v) is 1.36. The average molecular weight is 259 g/mol. The van der Waals surface area contributed by atoms with E-state index in [1.54, 1.807) is 30.3 Å². The smallest absolute Gasteiger partial charge is 0.360 e. The van der Waals surface area contributed by atoms with Gasteiger partial charge in [-0.25, -0.2) is 9.79 Å². The second kappa shape index (κ2) is 7.00. The minimum atomic E-state index is -0.833. The van der Waals surface area contributed by atoms with Gasteiger partial charge in [-0.05, 0) is 0 Å². The van der Waals surface area contributed by atoms with Crippen LogP contribution in [-0.4, -0.2) is 30.9 Å². The summed E-state index contributed by atoms with van der Waals surface area (Å²) in [6.45, 7) is 1.21. The van der Waals surface area contributed by atoms with Gasteiger partial charge in [0.15, 0.2) is 11.5 Å². The van der Waals surface area contributed by atoms with Crippen LogP contribution in [-0.2, 0) is 19.1 Å². The van der Waals surface area contributed by atoms with Crippen molar-refractivity contribution in [1.29, 1.82) is 0 Å². The number of carbonyl (C=O) groups is 3. The molecule has 0 unspecified atom stereocenters. The Bertz CT molecular complexity index is 544. The lowest BCUT2D eigenvalue weighted by Crippen LogP contribution is -2.23. The molecule has 98 valence electrons. The third-order valence-electron chi connectivity index (χ3n) is 2.24. The predicted octanol–water partition coefficient (Wildman–Crippen LogP) is 1.43.